The van der Waals surface area contributed by atoms with Crippen LogP contribution in [0.15, 0.2) is 60.9 Å². The molecule has 138 valence electrons. The number of carbonyl (C=O) groups excluding carboxylic acids is 1. The van der Waals surface area contributed by atoms with Crippen LogP contribution in [-0.2, 0) is 23.6 Å². The average Bonchev–Trinajstić information content (AvgIpc) is 3.19. The fourth-order valence-corrected chi connectivity index (χ4v) is 4.08. The molecule has 27 heavy (non-hydrogen) atoms. The third-order valence-electron chi connectivity index (χ3n) is 5.28. The van der Waals surface area contributed by atoms with Crippen LogP contribution in [-0.4, -0.2) is 21.7 Å². The van der Waals surface area contributed by atoms with Crippen LogP contribution >= 0.6 is 0 Å². The molecule has 0 unspecified atom stereocenters. The van der Waals surface area contributed by atoms with Crippen LogP contribution in [0.3, 0.4) is 0 Å². The van der Waals surface area contributed by atoms with E-state index in [0.717, 1.165) is 11.1 Å². The normalized spacial score (nSPS) is 11.6. The molecule has 0 saturated heterocycles. The number of hydrogen-bond acceptors (Lipinski definition) is 2. The van der Waals surface area contributed by atoms with E-state index in [-0.39, 0.29) is 11.9 Å². The second-order valence-corrected chi connectivity index (χ2v) is 6.99. The molecule has 0 radical (unpaired) electrons. The Morgan fingerprint density at radius 3 is 1.85 bits per heavy atom. The minimum Gasteiger partial charge on any atom is -0.466 e. The maximum absolute atomic E-state index is 12.5. The molecular formula is C23H24N2O2. The zero-order valence-corrected chi connectivity index (χ0v) is 16.0. The number of aryl methyl sites for hydroxylation is 2. The maximum Gasteiger partial charge on any atom is 0.306 e. The Balaban J connectivity index is 1.92. The molecule has 0 aliphatic carbocycles. The lowest BCUT2D eigenvalue weighted by molar-refractivity contribution is -0.143. The summed E-state index contributed by atoms with van der Waals surface area (Å²) in [7, 11) is 4.10. The minimum atomic E-state index is -0.164. The molecule has 0 spiro atoms. The van der Waals surface area contributed by atoms with Crippen molar-refractivity contribution in [1.82, 2.24) is 9.13 Å². The molecule has 0 aliphatic heterocycles. The van der Waals surface area contributed by atoms with Gasteiger partial charge in [-0.25, -0.2) is 0 Å². The quantitative estimate of drug-likeness (QED) is 0.481. The number of rotatable bonds is 5. The second-order valence-electron chi connectivity index (χ2n) is 6.99. The number of para-hydroxylation sites is 2. The zero-order chi connectivity index (χ0) is 19.0. The van der Waals surface area contributed by atoms with Crippen molar-refractivity contribution in [1.29, 1.82) is 0 Å². The fraction of sp³-hybridized carbons (Fsp3) is 0.261. The molecule has 4 nitrogen and oxygen atoms in total. The fourth-order valence-electron chi connectivity index (χ4n) is 4.08. The predicted octanol–water partition coefficient (Wildman–Crippen LogP) is 4.76. The van der Waals surface area contributed by atoms with Gasteiger partial charge < -0.3 is 13.9 Å². The highest BCUT2D eigenvalue weighted by Crippen LogP contribution is 2.38. The Kier molecular flexibility index (Phi) is 4.48. The summed E-state index contributed by atoms with van der Waals surface area (Å²) in [6.07, 6.45) is 4.63. The Morgan fingerprint density at radius 1 is 0.889 bits per heavy atom. The van der Waals surface area contributed by atoms with Crippen LogP contribution in [0.2, 0.25) is 0 Å². The van der Waals surface area contributed by atoms with E-state index in [4.69, 9.17) is 4.74 Å². The molecular weight excluding hydrogens is 336 g/mol. The molecule has 0 saturated carbocycles. The summed E-state index contributed by atoms with van der Waals surface area (Å²) in [4.78, 5) is 12.5. The maximum atomic E-state index is 12.5. The van der Waals surface area contributed by atoms with Crippen LogP contribution in [0.25, 0.3) is 21.8 Å². The smallest absolute Gasteiger partial charge is 0.306 e. The lowest BCUT2D eigenvalue weighted by Gasteiger charge is -2.16. The highest BCUT2D eigenvalue weighted by atomic mass is 16.5. The van der Waals surface area contributed by atoms with Gasteiger partial charge in [0.2, 0.25) is 0 Å². The van der Waals surface area contributed by atoms with Crippen LogP contribution in [0.4, 0.5) is 0 Å². The summed E-state index contributed by atoms with van der Waals surface area (Å²) in [5.74, 6) is -0.218. The van der Waals surface area contributed by atoms with Crippen molar-refractivity contribution < 1.29 is 9.53 Å². The summed E-state index contributed by atoms with van der Waals surface area (Å²) < 4.78 is 9.57. The molecule has 0 N–H and O–H groups in total. The summed E-state index contributed by atoms with van der Waals surface area (Å²) in [5, 5.41) is 2.37. The lowest BCUT2D eigenvalue weighted by atomic mass is 9.88. The van der Waals surface area contributed by atoms with E-state index in [9.17, 15) is 4.79 Å². The van der Waals surface area contributed by atoms with Gasteiger partial charge in [0.15, 0.2) is 0 Å². The van der Waals surface area contributed by atoms with Gasteiger partial charge in [0.1, 0.15) is 0 Å². The molecule has 2 heterocycles. The van der Waals surface area contributed by atoms with Gasteiger partial charge in [0, 0.05) is 54.2 Å². The largest absolute Gasteiger partial charge is 0.466 e. The molecule has 0 bridgehead atoms. The van der Waals surface area contributed by atoms with E-state index >= 15 is 0 Å². The molecule has 2 aromatic heterocycles. The number of esters is 1. The van der Waals surface area contributed by atoms with Crippen molar-refractivity contribution in [2.75, 3.05) is 6.61 Å². The molecule has 0 atom stereocenters. The van der Waals surface area contributed by atoms with Gasteiger partial charge in [0.25, 0.3) is 0 Å². The monoisotopic (exact) mass is 360 g/mol. The van der Waals surface area contributed by atoms with E-state index in [2.05, 4.69) is 72.0 Å². The minimum absolute atomic E-state index is 0.0544. The van der Waals surface area contributed by atoms with Gasteiger partial charge in [-0.15, -0.1) is 0 Å². The highest BCUT2D eigenvalue weighted by Gasteiger charge is 2.25. The van der Waals surface area contributed by atoms with Gasteiger partial charge in [-0.3, -0.25) is 4.79 Å². The predicted molar refractivity (Wildman–Crippen MR) is 109 cm³/mol. The Bertz CT molecular complexity index is 1040. The van der Waals surface area contributed by atoms with Gasteiger partial charge in [-0.2, -0.15) is 0 Å². The van der Waals surface area contributed by atoms with Crippen molar-refractivity contribution in [3.05, 3.63) is 72.1 Å². The van der Waals surface area contributed by atoms with Crippen molar-refractivity contribution in [3.63, 3.8) is 0 Å². The molecule has 0 amide bonds. The number of aromatic nitrogens is 2. The molecule has 4 rings (SSSR count). The third kappa shape index (κ3) is 3.01. The molecule has 0 fully saturated rings. The summed E-state index contributed by atoms with van der Waals surface area (Å²) >= 11 is 0. The zero-order valence-electron chi connectivity index (χ0n) is 16.0. The highest BCUT2D eigenvalue weighted by molar-refractivity contribution is 5.90. The molecule has 2 aromatic carbocycles. The van der Waals surface area contributed by atoms with E-state index < -0.39 is 0 Å². The lowest BCUT2D eigenvalue weighted by Crippen LogP contribution is -2.11. The van der Waals surface area contributed by atoms with Crippen LogP contribution < -0.4 is 0 Å². The Morgan fingerprint density at radius 2 is 1.37 bits per heavy atom. The van der Waals surface area contributed by atoms with E-state index in [1.165, 1.54) is 21.8 Å². The van der Waals surface area contributed by atoms with Crippen LogP contribution in [0.5, 0.6) is 0 Å². The Labute approximate surface area is 159 Å². The first kappa shape index (κ1) is 17.4. The van der Waals surface area contributed by atoms with Crippen molar-refractivity contribution >= 4 is 27.8 Å². The SMILES string of the molecule is CCOC(=O)CC(c1cn(C)c2ccccc12)c1cn(C)c2ccccc12. The van der Waals surface area contributed by atoms with Crippen molar-refractivity contribution in [3.8, 4) is 0 Å². The van der Waals surface area contributed by atoms with Gasteiger partial charge in [-0.05, 0) is 30.2 Å². The standard InChI is InChI=1S/C23H24N2O2/c1-4-27-23(26)13-18(19-14-24(2)21-11-7-5-9-16(19)21)20-15-25(3)22-12-8-6-10-17(20)22/h5-12,14-15,18H,4,13H2,1-3H3. The topological polar surface area (TPSA) is 36.2 Å². The van der Waals surface area contributed by atoms with E-state index in [0.29, 0.717) is 13.0 Å². The summed E-state index contributed by atoms with van der Waals surface area (Å²) in [6, 6.07) is 16.7. The number of fused-ring (bicyclic) bond motifs is 2. The summed E-state index contributed by atoms with van der Waals surface area (Å²) in [6.45, 7) is 2.25. The number of benzene rings is 2. The number of nitrogens with zero attached hydrogens (tertiary/aromatic N) is 2. The van der Waals surface area contributed by atoms with Crippen molar-refractivity contribution in [2.24, 2.45) is 14.1 Å². The van der Waals surface area contributed by atoms with Gasteiger partial charge in [-0.1, -0.05) is 36.4 Å². The first-order chi connectivity index (χ1) is 13.1. The first-order valence-corrected chi connectivity index (χ1v) is 9.33. The van der Waals surface area contributed by atoms with Gasteiger partial charge in [0.05, 0.1) is 13.0 Å². The van der Waals surface area contributed by atoms with Gasteiger partial charge >= 0.3 is 5.97 Å². The van der Waals surface area contributed by atoms with Crippen LogP contribution in [0.1, 0.15) is 30.4 Å². The first-order valence-electron chi connectivity index (χ1n) is 9.33. The van der Waals surface area contributed by atoms with Crippen molar-refractivity contribution in [2.45, 2.75) is 19.3 Å². The van der Waals surface area contributed by atoms with Crippen LogP contribution in [0, 0.1) is 0 Å². The number of carbonyl (C=O) groups is 1. The number of hydrogen-bond donors (Lipinski definition) is 0. The van der Waals surface area contributed by atoms with E-state index in [1.807, 2.05) is 19.1 Å². The third-order valence-corrected chi connectivity index (χ3v) is 5.28. The Hall–Kier alpha value is -3.01. The average molecular weight is 360 g/mol. The number of ether oxygens (including phenoxy) is 1. The summed E-state index contributed by atoms with van der Waals surface area (Å²) in [5.41, 5.74) is 4.67. The van der Waals surface area contributed by atoms with E-state index in [1.54, 1.807) is 0 Å². The molecule has 0 aliphatic rings. The molecule has 4 aromatic rings. The molecule has 4 heteroatoms. The second kappa shape index (κ2) is 6.95.